The molecule has 1 aromatic heterocycles. The van der Waals surface area contributed by atoms with Gasteiger partial charge in [-0.15, -0.1) is 0 Å². The van der Waals surface area contributed by atoms with Crippen LogP contribution in [0.15, 0.2) is 47.0 Å². The Morgan fingerprint density at radius 2 is 1.57 bits per heavy atom. The molecule has 0 unspecified atom stereocenters. The van der Waals surface area contributed by atoms with E-state index in [2.05, 4.69) is 36.1 Å². The highest BCUT2D eigenvalue weighted by molar-refractivity contribution is 5.73. The van der Waals surface area contributed by atoms with Gasteiger partial charge in [0.1, 0.15) is 0 Å². The Hall–Kier alpha value is -3.16. The van der Waals surface area contributed by atoms with Gasteiger partial charge >= 0.3 is 6.18 Å². The lowest BCUT2D eigenvalue weighted by Crippen LogP contribution is -2.10. The molecule has 0 fully saturated rings. The third kappa shape index (κ3) is 10.0. The number of aryl methyl sites for hydroxylation is 3. The Morgan fingerprint density at radius 3 is 2.14 bits per heavy atom. The van der Waals surface area contributed by atoms with Crippen molar-refractivity contribution >= 4 is 5.84 Å². The van der Waals surface area contributed by atoms with Gasteiger partial charge in [0.05, 0.1) is 11.4 Å². The van der Waals surface area contributed by atoms with Gasteiger partial charge in [0.2, 0.25) is 11.7 Å². The van der Waals surface area contributed by atoms with E-state index >= 15 is 0 Å². The second-order valence-corrected chi connectivity index (χ2v) is 9.47. The predicted octanol–water partition coefficient (Wildman–Crippen LogP) is 8.12. The first-order valence-electron chi connectivity index (χ1n) is 13.0. The summed E-state index contributed by atoms with van der Waals surface area (Å²) in [5.74, 6) is 0.924. The molecule has 37 heavy (non-hydrogen) atoms. The van der Waals surface area contributed by atoms with Crippen LogP contribution >= 0.6 is 0 Å². The fourth-order valence-electron chi connectivity index (χ4n) is 3.92. The summed E-state index contributed by atoms with van der Waals surface area (Å²) < 4.78 is 46.9. The first-order chi connectivity index (χ1) is 17.5. The fraction of sp³-hybridized carbons (Fsp3) is 0.483. The van der Waals surface area contributed by atoms with E-state index in [1.165, 1.54) is 12.5 Å². The number of aromatic nitrogens is 2. The number of benzene rings is 2. The number of unbranched alkanes of at least 4 members (excludes halogenated alkanes) is 2. The molecule has 0 radical (unpaired) electrons. The molecule has 0 saturated carbocycles. The van der Waals surface area contributed by atoms with E-state index in [-0.39, 0.29) is 23.1 Å². The lowest BCUT2D eigenvalue weighted by molar-refractivity contribution is -0.138. The summed E-state index contributed by atoms with van der Waals surface area (Å²) in [6, 6.07) is 12.5. The van der Waals surface area contributed by atoms with E-state index in [1.54, 1.807) is 12.1 Å². The number of nitrogens with one attached hydrogen (secondary N) is 1. The van der Waals surface area contributed by atoms with E-state index in [0.29, 0.717) is 24.3 Å². The second kappa shape index (κ2) is 14.5. The van der Waals surface area contributed by atoms with Crippen LogP contribution in [0.3, 0.4) is 0 Å². The van der Waals surface area contributed by atoms with Gasteiger partial charge in [0.25, 0.3) is 0 Å². The molecule has 3 aromatic rings. The summed E-state index contributed by atoms with van der Waals surface area (Å²) in [6.45, 7) is 7.78. The first kappa shape index (κ1) is 30.1. The average molecular weight is 517 g/mol. The minimum atomic E-state index is -4.45. The zero-order chi connectivity index (χ0) is 27.4. The highest BCUT2D eigenvalue weighted by Crippen LogP contribution is 2.35. The molecule has 0 aliphatic rings. The maximum atomic E-state index is 13.8. The first-order valence-corrected chi connectivity index (χ1v) is 13.0. The van der Waals surface area contributed by atoms with Crippen LogP contribution in [0.4, 0.5) is 13.2 Å². The third-order valence-electron chi connectivity index (χ3n) is 6.05. The molecule has 3 rings (SSSR count). The molecule has 0 aliphatic carbocycles. The molecule has 3 N–H and O–H groups in total. The predicted molar refractivity (Wildman–Crippen MR) is 143 cm³/mol. The highest BCUT2D eigenvalue weighted by Gasteiger charge is 2.34. The lowest BCUT2D eigenvalue weighted by Gasteiger charge is -2.14. The van der Waals surface area contributed by atoms with Crippen molar-refractivity contribution in [1.82, 2.24) is 10.1 Å². The minimum Gasteiger partial charge on any atom is -0.388 e. The summed E-state index contributed by atoms with van der Waals surface area (Å²) in [6.07, 6.45) is 2.73. The molecule has 1 heterocycles. The van der Waals surface area contributed by atoms with E-state index in [1.807, 2.05) is 19.1 Å². The van der Waals surface area contributed by atoms with E-state index in [9.17, 15) is 13.2 Å². The molecule has 0 saturated heterocycles. The van der Waals surface area contributed by atoms with Crippen molar-refractivity contribution in [3.8, 4) is 11.4 Å². The van der Waals surface area contributed by atoms with Crippen LogP contribution in [-0.4, -0.2) is 16.0 Å². The van der Waals surface area contributed by atoms with Gasteiger partial charge in [-0.3, -0.25) is 5.41 Å². The molecular formula is C29H39F3N4O. The van der Waals surface area contributed by atoms with Crippen molar-refractivity contribution in [1.29, 1.82) is 5.41 Å². The molecular weight excluding hydrogens is 477 g/mol. The Labute approximate surface area is 218 Å². The van der Waals surface area contributed by atoms with E-state index < -0.39 is 11.7 Å². The highest BCUT2D eigenvalue weighted by atomic mass is 19.4. The molecule has 202 valence electrons. The summed E-state index contributed by atoms with van der Waals surface area (Å²) in [7, 11) is 0. The van der Waals surface area contributed by atoms with Crippen LogP contribution in [0.25, 0.3) is 11.4 Å². The minimum absolute atomic E-state index is 0.0842. The van der Waals surface area contributed by atoms with Gasteiger partial charge in [-0.25, -0.2) is 0 Å². The molecule has 1 atom stereocenters. The molecule has 0 spiro atoms. The third-order valence-corrected chi connectivity index (χ3v) is 6.05. The van der Waals surface area contributed by atoms with Crippen LogP contribution in [0, 0.1) is 5.41 Å². The number of nitrogens with zero attached hydrogens (tertiary/aromatic N) is 2. The molecule has 0 aliphatic heterocycles. The summed E-state index contributed by atoms with van der Waals surface area (Å²) in [5, 5.41) is 10.2. The van der Waals surface area contributed by atoms with Crippen molar-refractivity contribution in [2.45, 2.75) is 91.2 Å². The monoisotopic (exact) mass is 516 g/mol. The Morgan fingerprint density at radius 1 is 0.973 bits per heavy atom. The van der Waals surface area contributed by atoms with Gasteiger partial charge in [-0.1, -0.05) is 81.6 Å². The Balaban J connectivity index is 0.00000112. The van der Waals surface area contributed by atoms with Crippen molar-refractivity contribution < 1.29 is 17.7 Å². The van der Waals surface area contributed by atoms with Gasteiger partial charge in [0.15, 0.2) is 0 Å². The summed E-state index contributed by atoms with van der Waals surface area (Å²) in [5.41, 5.74) is 6.97. The molecule has 8 heteroatoms. The maximum Gasteiger partial charge on any atom is 0.416 e. The van der Waals surface area contributed by atoms with Gasteiger partial charge in [0, 0.05) is 11.5 Å². The lowest BCUT2D eigenvalue weighted by atomic mass is 9.96. The van der Waals surface area contributed by atoms with Crippen LogP contribution in [0.2, 0.25) is 0 Å². The average Bonchev–Trinajstić information content (AvgIpc) is 3.35. The zero-order valence-corrected chi connectivity index (χ0v) is 22.3. The van der Waals surface area contributed by atoms with Crippen LogP contribution < -0.4 is 5.73 Å². The van der Waals surface area contributed by atoms with E-state index in [4.69, 9.17) is 15.7 Å². The smallest absolute Gasteiger partial charge is 0.388 e. The van der Waals surface area contributed by atoms with Crippen molar-refractivity contribution in [3.63, 3.8) is 0 Å². The standard InChI is InChI=1S/C27H33F3N2O.C2H6N2/c1-4-6-8-19(3)26-31-25(32-33-26)23-17-16-22(24(18-23)27(28,29)30)15-14-21-12-10-20(11-13-21)9-7-5-2;1-2(3)4/h10-13,16-19H,4-9,14-15H2,1-3H3;1H3,(H3,3,4)/t19-;/m0./s1. The SMILES string of the molecule is CC(=N)N.CCCCc1ccc(CCc2ccc(-c3noc([C@@H](C)CCCC)n3)cc2C(F)(F)F)cc1. The number of hydrogen-bond acceptors (Lipinski definition) is 4. The number of alkyl halides is 3. The fourth-order valence-corrected chi connectivity index (χ4v) is 3.92. The number of rotatable bonds is 11. The normalized spacial score (nSPS) is 12.1. The topological polar surface area (TPSA) is 88.8 Å². The summed E-state index contributed by atoms with van der Waals surface area (Å²) in [4.78, 5) is 4.36. The van der Waals surface area contributed by atoms with Gasteiger partial charge < -0.3 is 10.3 Å². The van der Waals surface area contributed by atoms with Crippen molar-refractivity contribution in [3.05, 3.63) is 70.6 Å². The Kier molecular flexibility index (Phi) is 11.8. The molecule has 2 aromatic carbocycles. The molecule has 5 nitrogen and oxygen atoms in total. The van der Waals surface area contributed by atoms with Gasteiger partial charge in [-0.2, -0.15) is 18.2 Å². The van der Waals surface area contributed by atoms with E-state index in [0.717, 1.165) is 50.2 Å². The van der Waals surface area contributed by atoms with Crippen LogP contribution in [-0.2, 0) is 25.4 Å². The largest absolute Gasteiger partial charge is 0.416 e. The number of hydrogen-bond donors (Lipinski definition) is 2. The van der Waals surface area contributed by atoms with Crippen molar-refractivity contribution in [2.75, 3.05) is 0 Å². The Bertz CT molecular complexity index is 1100. The van der Waals surface area contributed by atoms with Crippen LogP contribution in [0.1, 0.15) is 93.9 Å². The molecule has 0 amide bonds. The second-order valence-electron chi connectivity index (χ2n) is 9.47. The number of nitrogens with two attached hydrogens (primary N) is 1. The summed E-state index contributed by atoms with van der Waals surface area (Å²) >= 11 is 0. The zero-order valence-electron chi connectivity index (χ0n) is 22.3. The number of amidine groups is 1. The maximum absolute atomic E-state index is 13.8. The van der Waals surface area contributed by atoms with Crippen molar-refractivity contribution in [2.24, 2.45) is 5.73 Å². The molecule has 0 bridgehead atoms. The van der Waals surface area contributed by atoms with Gasteiger partial charge in [-0.05, 0) is 61.8 Å². The quantitative estimate of drug-likeness (QED) is 0.199. The number of halogens is 3. The van der Waals surface area contributed by atoms with Crippen LogP contribution in [0.5, 0.6) is 0 Å².